The molecule has 1 aliphatic carbocycles. The number of nitrogens with two attached hydrogens (primary N) is 1. The average molecular weight is 282 g/mol. The molecular weight excluding hydrogens is 256 g/mol. The zero-order valence-electron chi connectivity index (χ0n) is 12.3. The van der Waals surface area contributed by atoms with Crippen molar-refractivity contribution in [2.24, 2.45) is 17.6 Å². The summed E-state index contributed by atoms with van der Waals surface area (Å²) >= 11 is 0. The zero-order valence-corrected chi connectivity index (χ0v) is 12.3. The van der Waals surface area contributed by atoms with Crippen LogP contribution in [-0.2, 0) is 9.59 Å². The fourth-order valence-electron chi connectivity index (χ4n) is 3.68. The van der Waals surface area contributed by atoms with E-state index in [0.717, 1.165) is 38.6 Å². The third-order valence-corrected chi connectivity index (χ3v) is 4.80. The molecule has 3 unspecified atom stereocenters. The van der Waals surface area contributed by atoms with E-state index in [1.54, 1.807) is 0 Å². The fraction of sp³-hybridized carbons (Fsp3) is 0.867. The second kappa shape index (κ2) is 6.12. The highest BCUT2D eigenvalue weighted by Crippen LogP contribution is 2.33. The lowest BCUT2D eigenvalue weighted by atomic mass is 9.76. The van der Waals surface area contributed by atoms with Crippen LogP contribution in [0.15, 0.2) is 0 Å². The molecule has 3 atom stereocenters. The summed E-state index contributed by atoms with van der Waals surface area (Å²) in [6.07, 6.45) is 5.51. The summed E-state index contributed by atoms with van der Waals surface area (Å²) in [5.74, 6) is 0.163. The maximum atomic E-state index is 12.6. The minimum Gasteiger partial charge on any atom is -0.481 e. The van der Waals surface area contributed by atoms with Crippen molar-refractivity contribution in [1.82, 2.24) is 4.90 Å². The molecule has 2 fully saturated rings. The zero-order chi connectivity index (χ0) is 14.8. The Bertz CT molecular complexity index is 385. The van der Waals surface area contributed by atoms with E-state index in [9.17, 15) is 9.59 Å². The summed E-state index contributed by atoms with van der Waals surface area (Å²) in [6.45, 7) is 3.57. The van der Waals surface area contributed by atoms with Crippen LogP contribution in [0.25, 0.3) is 0 Å². The highest BCUT2D eigenvalue weighted by molar-refractivity contribution is 5.86. The summed E-state index contributed by atoms with van der Waals surface area (Å²) in [6, 6.07) is 0. The van der Waals surface area contributed by atoms with E-state index in [4.69, 9.17) is 10.8 Å². The van der Waals surface area contributed by atoms with Gasteiger partial charge in [0.15, 0.2) is 0 Å². The van der Waals surface area contributed by atoms with Gasteiger partial charge in [-0.05, 0) is 37.5 Å². The number of carbonyl (C=O) groups excluding carboxylic acids is 1. The molecule has 1 saturated carbocycles. The number of carboxylic acid groups (broad SMARTS) is 1. The van der Waals surface area contributed by atoms with Gasteiger partial charge in [-0.1, -0.05) is 19.8 Å². The first kappa shape index (κ1) is 15.3. The van der Waals surface area contributed by atoms with Crippen LogP contribution in [0.4, 0.5) is 0 Å². The quantitative estimate of drug-likeness (QED) is 0.820. The fourth-order valence-corrected chi connectivity index (χ4v) is 3.68. The topological polar surface area (TPSA) is 83.6 Å². The van der Waals surface area contributed by atoms with Gasteiger partial charge in [0.25, 0.3) is 0 Å². The molecule has 114 valence electrons. The van der Waals surface area contributed by atoms with Gasteiger partial charge in [-0.15, -0.1) is 0 Å². The third kappa shape index (κ3) is 3.51. The Kier molecular flexibility index (Phi) is 4.68. The molecule has 0 aromatic rings. The Morgan fingerprint density at radius 3 is 2.80 bits per heavy atom. The molecule has 5 heteroatoms. The predicted molar refractivity (Wildman–Crippen MR) is 76.1 cm³/mol. The number of carboxylic acids is 1. The van der Waals surface area contributed by atoms with Crippen molar-refractivity contribution < 1.29 is 14.7 Å². The van der Waals surface area contributed by atoms with Gasteiger partial charge in [0.2, 0.25) is 5.91 Å². The molecule has 0 aromatic carbocycles. The molecule has 20 heavy (non-hydrogen) atoms. The summed E-state index contributed by atoms with van der Waals surface area (Å²) in [7, 11) is 0. The molecule has 2 rings (SSSR count). The summed E-state index contributed by atoms with van der Waals surface area (Å²) in [5.41, 5.74) is 5.67. The van der Waals surface area contributed by atoms with Crippen molar-refractivity contribution in [3.05, 3.63) is 0 Å². The van der Waals surface area contributed by atoms with Crippen LogP contribution in [0.5, 0.6) is 0 Å². The highest BCUT2D eigenvalue weighted by atomic mass is 16.4. The first-order valence-electron chi connectivity index (χ1n) is 7.71. The van der Waals surface area contributed by atoms with Gasteiger partial charge in [0.05, 0.1) is 5.54 Å². The standard InChI is InChI=1S/C15H26N2O3/c1-11-3-2-7-15(16,9-11)14(20)17-8-6-12(10-17)4-5-13(18)19/h11-12H,2-10,16H2,1H3,(H,18,19). The van der Waals surface area contributed by atoms with E-state index in [0.29, 0.717) is 24.8 Å². The molecule has 1 heterocycles. The molecule has 5 nitrogen and oxygen atoms in total. The van der Waals surface area contributed by atoms with Crippen molar-refractivity contribution in [3.63, 3.8) is 0 Å². The first-order valence-corrected chi connectivity index (χ1v) is 7.71. The van der Waals surface area contributed by atoms with Gasteiger partial charge >= 0.3 is 5.97 Å². The van der Waals surface area contributed by atoms with E-state index in [-0.39, 0.29) is 12.3 Å². The van der Waals surface area contributed by atoms with Crippen LogP contribution in [-0.4, -0.2) is 40.5 Å². The van der Waals surface area contributed by atoms with Gasteiger partial charge in [0.1, 0.15) is 0 Å². The molecule has 1 amide bonds. The largest absolute Gasteiger partial charge is 0.481 e. The number of rotatable bonds is 4. The van der Waals surface area contributed by atoms with E-state index in [2.05, 4.69) is 6.92 Å². The number of hydrogen-bond donors (Lipinski definition) is 2. The van der Waals surface area contributed by atoms with Crippen molar-refractivity contribution >= 4 is 11.9 Å². The number of amides is 1. The molecule has 0 aromatic heterocycles. The summed E-state index contributed by atoms with van der Waals surface area (Å²) in [5, 5.41) is 8.72. The van der Waals surface area contributed by atoms with Crippen molar-refractivity contribution in [3.8, 4) is 0 Å². The Morgan fingerprint density at radius 2 is 2.15 bits per heavy atom. The molecule has 1 saturated heterocycles. The van der Waals surface area contributed by atoms with E-state index >= 15 is 0 Å². The Labute approximate surface area is 120 Å². The number of likely N-dealkylation sites (tertiary alicyclic amines) is 1. The van der Waals surface area contributed by atoms with E-state index < -0.39 is 11.5 Å². The van der Waals surface area contributed by atoms with Gasteiger partial charge < -0.3 is 15.7 Å². The molecule has 3 N–H and O–H groups in total. The third-order valence-electron chi connectivity index (χ3n) is 4.80. The van der Waals surface area contributed by atoms with Gasteiger partial charge in [-0.2, -0.15) is 0 Å². The molecule has 0 spiro atoms. The molecule has 0 bridgehead atoms. The summed E-state index contributed by atoms with van der Waals surface area (Å²) < 4.78 is 0. The SMILES string of the molecule is CC1CCCC(N)(C(=O)N2CCC(CCC(=O)O)C2)C1. The lowest BCUT2D eigenvalue weighted by Crippen LogP contribution is -2.56. The minimum atomic E-state index is -0.758. The molecular formula is C15H26N2O3. The lowest BCUT2D eigenvalue weighted by molar-refractivity contribution is -0.137. The van der Waals surface area contributed by atoms with Crippen LogP contribution in [0, 0.1) is 11.8 Å². The number of carbonyl (C=O) groups is 2. The van der Waals surface area contributed by atoms with Crippen LogP contribution < -0.4 is 5.73 Å². The first-order chi connectivity index (χ1) is 9.40. The maximum absolute atomic E-state index is 12.6. The van der Waals surface area contributed by atoms with Crippen molar-refractivity contribution in [2.75, 3.05) is 13.1 Å². The van der Waals surface area contributed by atoms with E-state index in [1.807, 2.05) is 4.90 Å². The average Bonchev–Trinajstić information content (AvgIpc) is 2.83. The smallest absolute Gasteiger partial charge is 0.303 e. The monoisotopic (exact) mass is 282 g/mol. The molecule has 1 aliphatic heterocycles. The lowest BCUT2D eigenvalue weighted by Gasteiger charge is -2.38. The Morgan fingerprint density at radius 1 is 1.40 bits per heavy atom. The highest BCUT2D eigenvalue weighted by Gasteiger charge is 2.42. The number of hydrogen-bond acceptors (Lipinski definition) is 3. The second-order valence-electron chi connectivity index (χ2n) is 6.70. The maximum Gasteiger partial charge on any atom is 0.303 e. The van der Waals surface area contributed by atoms with Gasteiger partial charge in [-0.3, -0.25) is 9.59 Å². The minimum absolute atomic E-state index is 0.0851. The van der Waals surface area contributed by atoms with Crippen LogP contribution in [0.3, 0.4) is 0 Å². The molecule has 2 aliphatic rings. The van der Waals surface area contributed by atoms with Crippen molar-refractivity contribution in [2.45, 2.75) is 57.4 Å². The summed E-state index contributed by atoms with van der Waals surface area (Å²) in [4.78, 5) is 25.1. The predicted octanol–water partition coefficient (Wildman–Crippen LogP) is 1.61. The Hall–Kier alpha value is -1.10. The van der Waals surface area contributed by atoms with Gasteiger partial charge in [-0.25, -0.2) is 0 Å². The number of nitrogens with zero attached hydrogens (tertiary/aromatic N) is 1. The van der Waals surface area contributed by atoms with Gasteiger partial charge in [0, 0.05) is 19.5 Å². The van der Waals surface area contributed by atoms with Crippen LogP contribution in [0.1, 0.15) is 51.9 Å². The molecule has 0 radical (unpaired) electrons. The number of aliphatic carboxylic acids is 1. The normalized spacial score (nSPS) is 34.2. The van der Waals surface area contributed by atoms with E-state index in [1.165, 1.54) is 0 Å². The Balaban J connectivity index is 1.89. The van der Waals surface area contributed by atoms with Crippen LogP contribution in [0.2, 0.25) is 0 Å². The van der Waals surface area contributed by atoms with Crippen LogP contribution >= 0.6 is 0 Å². The second-order valence-corrected chi connectivity index (χ2v) is 6.70. The van der Waals surface area contributed by atoms with Crippen molar-refractivity contribution in [1.29, 1.82) is 0 Å².